The molecular formula is C6H17ClN2. The average Bonchev–Trinajstić information content (AvgIpc) is 1.65. The van der Waals surface area contributed by atoms with E-state index in [1.165, 1.54) is 0 Å². The van der Waals surface area contributed by atoms with E-state index in [4.69, 9.17) is 5.84 Å². The normalized spacial score (nSPS) is 13.0. The predicted molar refractivity (Wildman–Crippen MR) is 43.5 cm³/mol. The molecule has 0 heterocycles. The van der Waals surface area contributed by atoms with Gasteiger partial charge < -0.3 is 0 Å². The topological polar surface area (TPSA) is 38.0 Å². The van der Waals surface area contributed by atoms with E-state index >= 15 is 0 Å². The van der Waals surface area contributed by atoms with Crippen LogP contribution in [0.5, 0.6) is 0 Å². The molecule has 2 nitrogen and oxygen atoms in total. The van der Waals surface area contributed by atoms with Crippen molar-refractivity contribution in [3.05, 3.63) is 0 Å². The fourth-order valence-electron chi connectivity index (χ4n) is 0.775. The Morgan fingerprint density at radius 3 is 1.89 bits per heavy atom. The van der Waals surface area contributed by atoms with Gasteiger partial charge in [-0.2, -0.15) is 0 Å². The molecule has 0 aliphatic heterocycles. The van der Waals surface area contributed by atoms with E-state index in [-0.39, 0.29) is 12.4 Å². The zero-order valence-corrected chi connectivity index (χ0v) is 7.16. The van der Waals surface area contributed by atoms with Crippen LogP contribution in [0, 0.1) is 5.92 Å². The highest BCUT2D eigenvalue weighted by Crippen LogP contribution is 2.01. The van der Waals surface area contributed by atoms with E-state index in [2.05, 4.69) is 26.2 Å². The van der Waals surface area contributed by atoms with Gasteiger partial charge in [0.25, 0.3) is 0 Å². The first-order chi connectivity index (χ1) is 3.66. The summed E-state index contributed by atoms with van der Waals surface area (Å²) in [5, 5.41) is 0. The number of hydrogen-bond donors (Lipinski definition) is 2. The van der Waals surface area contributed by atoms with Crippen LogP contribution in [0.3, 0.4) is 0 Å². The first-order valence-corrected chi connectivity index (χ1v) is 3.13. The number of hydrogen-bond acceptors (Lipinski definition) is 2. The van der Waals surface area contributed by atoms with Crippen molar-refractivity contribution in [1.29, 1.82) is 0 Å². The Morgan fingerprint density at radius 1 is 1.33 bits per heavy atom. The second-order valence-corrected chi connectivity index (χ2v) is 2.70. The lowest BCUT2D eigenvalue weighted by molar-refractivity contribution is 0.451. The standard InChI is InChI=1S/C6H16N2.ClH/c1-5(2)4-6(3)8-7;/h5-6,8H,4,7H2,1-3H3;1H. The molecule has 0 aromatic rings. The number of nitrogens with two attached hydrogens (primary N) is 1. The predicted octanol–water partition coefficient (Wildman–Crippen LogP) is 1.31. The molecule has 0 bridgehead atoms. The van der Waals surface area contributed by atoms with Gasteiger partial charge in [0, 0.05) is 6.04 Å². The van der Waals surface area contributed by atoms with Crippen LogP contribution in [0.15, 0.2) is 0 Å². The maximum Gasteiger partial charge on any atom is 0.0184 e. The molecule has 0 rings (SSSR count). The summed E-state index contributed by atoms with van der Waals surface area (Å²) in [6.07, 6.45) is 1.15. The van der Waals surface area contributed by atoms with Crippen LogP contribution >= 0.6 is 12.4 Å². The largest absolute Gasteiger partial charge is 0.271 e. The van der Waals surface area contributed by atoms with Crippen LogP contribution in [0.25, 0.3) is 0 Å². The van der Waals surface area contributed by atoms with Gasteiger partial charge in [0.2, 0.25) is 0 Å². The Balaban J connectivity index is 0. The van der Waals surface area contributed by atoms with E-state index < -0.39 is 0 Å². The fourth-order valence-corrected chi connectivity index (χ4v) is 0.775. The quantitative estimate of drug-likeness (QED) is 0.473. The molecule has 1 atom stereocenters. The van der Waals surface area contributed by atoms with Crippen molar-refractivity contribution < 1.29 is 0 Å². The van der Waals surface area contributed by atoms with E-state index in [0.29, 0.717) is 6.04 Å². The first kappa shape index (κ1) is 11.9. The summed E-state index contributed by atoms with van der Waals surface area (Å²) in [6, 6.07) is 0.454. The van der Waals surface area contributed by atoms with Crippen molar-refractivity contribution in [2.45, 2.75) is 33.2 Å². The zero-order valence-electron chi connectivity index (χ0n) is 6.35. The molecule has 9 heavy (non-hydrogen) atoms. The van der Waals surface area contributed by atoms with Gasteiger partial charge in [-0.3, -0.25) is 11.3 Å². The van der Waals surface area contributed by atoms with Crippen molar-refractivity contribution >= 4 is 12.4 Å². The number of halogens is 1. The highest BCUT2D eigenvalue weighted by molar-refractivity contribution is 5.85. The number of rotatable bonds is 3. The average molecular weight is 153 g/mol. The van der Waals surface area contributed by atoms with E-state index in [0.717, 1.165) is 12.3 Å². The smallest absolute Gasteiger partial charge is 0.0184 e. The molecule has 0 aromatic carbocycles. The lowest BCUT2D eigenvalue weighted by atomic mass is 10.1. The summed E-state index contributed by atoms with van der Waals surface area (Å²) in [6.45, 7) is 6.46. The second kappa shape index (κ2) is 6.33. The summed E-state index contributed by atoms with van der Waals surface area (Å²) in [4.78, 5) is 0. The highest BCUT2D eigenvalue weighted by atomic mass is 35.5. The number of nitrogens with one attached hydrogen (secondary N) is 1. The Bertz CT molecular complexity index is 57.0. The summed E-state index contributed by atoms with van der Waals surface area (Å²) < 4.78 is 0. The van der Waals surface area contributed by atoms with Crippen molar-refractivity contribution in [3.63, 3.8) is 0 Å². The molecule has 3 N–H and O–H groups in total. The molecule has 0 aliphatic carbocycles. The van der Waals surface area contributed by atoms with Gasteiger partial charge >= 0.3 is 0 Å². The summed E-state index contributed by atoms with van der Waals surface area (Å²) >= 11 is 0. The second-order valence-electron chi connectivity index (χ2n) is 2.70. The van der Waals surface area contributed by atoms with Crippen LogP contribution in [0.2, 0.25) is 0 Å². The maximum atomic E-state index is 5.17. The minimum atomic E-state index is 0. The number of hydrazine groups is 1. The maximum absolute atomic E-state index is 5.17. The fraction of sp³-hybridized carbons (Fsp3) is 1.00. The Kier molecular flexibility index (Phi) is 8.40. The summed E-state index contributed by atoms with van der Waals surface area (Å²) in [5.74, 6) is 5.91. The van der Waals surface area contributed by atoms with Gasteiger partial charge in [0.05, 0.1) is 0 Å². The molecule has 0 saturated heterocycles. The molecule has 58 valence electrons. The van der Waals surface area contributed by atoms with E-state index in [1.807, 2.05) is 0 Å². The lowest BCUT2D eigenvalue weighted by Crippen LogP contribution is -2.33. The van der Waals surface area contributed by atoms with Crippen molar-refractivity contribution in [2.75, 3.05) is 0 Å². The van der Waals surface area contributed by atoms with Crippen molar-refractivity contribution in [1.82, 2.24) is 5.43 Å². The third-order valence-electron chi connectivity index (χ3n) is 1.11. The minimum Gasteiger partial charge on any atom is -0.271 e. The Hall–Kier alpha value is 0.210. The van der Waals surface area contributed by atoms with Gasteiger partial charge in [0.15, 0.2) is 0 Å². The van der Waals surface area contributed by atoms with Gasteiger partial charge in [-0.25, -0.2) is 0 Å². The highest BCUT2D eigenvalue weighted by Gasteiger charge is 1.99. The third-order valence-corrected chi connectivity index (χ3v) is 1.11. The monoisotopic (exact) mass is 152 g/mol. The first-order valence-electron chi connectivity index (χ1n) is 3.13. The van der Waals surface area contributed by atoms with E-state index in [9.17, 15) is 0 Å². The van der Waals surface area contributed by atoms with Crippen LogP contribution in [-0.2, 0) is 0 Å². The van der Waals surface area contributed by atoms with Crippen LogP contribution < -0.4 is 11.3 Å². The van der Waals surface area contributed by atoms with Crippen LogP contribution in [0.4, 0.5) is 0 Å². The molecular weight excluding hydrogens is 136 g/mol. The SMILES string of the molecule is CC(C)CC(C)NN.Cl. The Labute approximate surface area is 63.6 Å². The molecule has 0 amide bonds. The molecule has 0 aromatic heterocycles. The zero-order chi connectivity index (χ0) is 6.57. The van der Waals surface area contributed by atoms with E-state index in [1.54, 1.807) is 0 Å². The summed E-state index contributed by atoms with van der Waals surface area (Å²) in [5.41, 5.74) is 2.70. The van der Waals surface area contributed by atoms with Crippen molar-refractivity contribution in [2.24, 2.45) is 11.8 Å². The Morgan fingerprint density at radius 2 is 1.78 bits per heavy atom. The molecule has 0 radical (unpaired) electrons. The van der Waals surface area contributed by atoms with Gasteiger partial charge in [-0.05, 0) is 19.3 Å². The van der Waals surface area contributed by atoms with Gasteiger partial charge in [-0.1, -0.05) is 13.8 Å². The molecule has 3 heteroatoms. The summed E-state index contributed by atoms with van der Waals surface area (Å²) in [7, 11) is 0. The molecule has 1 unspecified atom stereocenters. The molecule has 0 spiro atoms. The van der Waals surface area contributed by atoms with Crippen LogP contribution in [-0.4, -0.2) is 6.04 Å². The molecule has 0 fully saturated rings. The minimum absolute atomic E-state index is 0. The molecule has 0 saturated carbocycles. The third kappa shape index (κ3) is 8.21. The van der Waals surface area contributed by atoms with Gasteiger partial charge in [0.1, 0.15) is 0 Å². The molecule has 0 aliphatic rings. The van der Waals surface area contributed by atoms with Gasteiger partial charge in [-0.15, -0.1) is 12.4 Å². The van der Waals surface area contributed by atoms with Crippen LogP contribution in [0.1, 0.15) is 27.2 Å². The lowest BCUT2D eigenvalue weighted by Gasteiger charge is -2.11. The van der Waals surface area contributed by atoms with Crippen molar-refractivity contribution in [3.8, 4) is 0 Å².